The van der Waals surface area contributed by atoms with E-state index in [1.165, 1.54) is 12.5 Å². The lowest BCUT2D eigenvalue weighted by atomic mass is 10.0. The molecule has 0 aliphatic carbocycles. The molecule has 0 radical (unpaired) electrons. The van der Waals surface area contributed by atoms with Gasteiger partial charge in [-0.2, -0.15) is 0 Å². The summed E-state index contributed by atoms with van der Waals surface area (Å²) in [6.07, 6.45) is 1.87. The maximum atomic E-state index is 12.4. The van der Waals surface area contributed by atoms with Crippen molar-refractivity contribution in [2.75, 3.05) is 25.0 Å². The lowest BCUT2D eigenvalue weighted by molar-refractivity contribution is -0.117. The van der Waals surface area contributed by atoms with Crippen LogP contribution in [0.5, 0.6) is 0 Å². The van der Waals surface area contributed by atoms with Gasteiger partial charge >= 0.3 is 0 Å². The van der Waals surface area contributed by atoms with Crippen molar-refractivity contribution in [1.29, 1.82) is 0 Å². The molecule has 1 saturated heterocycles. The molecule has 1 N–H and O–H groups in total. The second-order valence-corrected chi connectivity index (χ2v) is 7.72. The predicted octanol–water partition coefficient (Wildman–Crippen LogP) is 3.22. The third kappa shape index (κ3) is 4.35. The number of ketones is 1. The van der Waals surface area contributed by atoms with E-state index in [0.29, 0.717) is 23.8 Å². The number of anilines is 1. The van der Waals surface area contributed by atoms with Gasteiger partial charge in [-0.25, -0.2) is 4.68 Å². The number of amides is 1. The number of likely N-dealkylation sites (tertiary alicyclic amines) is 1. The fraction of sp³-hybridized carbons (Fsp3) is 0.364. The average Bonchev–Trinajstić information content (AvgIpc) is 3.12. The fourth-order valence-corrected chi connectivity index (χ4v) is 3.84. The van der Waals surface area contributed by atoms with Gasteiger partial charge in [-0.3, -0.25) is 14.5 Å². The number of carbonyl (C=O) groups is 2. The largest absolute Gasteiger partial charge is 0.325 e. The summed E-state index contributed by atoms with van der Waals surface area (Å²) in [6.45, 7) is 5.63. The van der Waals surface area contributed by atoms with Gasteiger partial charge < -0.3 is 5.32 Å². The minimum absolute atomic E-state index is 0.0149. The van der Waals surface area contributed by atoms with Crippen LogP contribution in [0.2, 0.25) is 0 Å². The van der Waals surface area contributed by atoms with E-state index in [9.17, 15) is 9.59 Å². The molecule has 7 heteroatoms. The van der Waals surface area contributed by atoms with E-state index < -0.39 is 0 Å². The number of hydrogen-bond acceptors (Lipinski definition) is 5. The van der Waals surface area contributed by atoms with Crippen LogP contribution in [0.25, 0.3) is 11.0 Å². The van der Waals surface area contributed by atoms with Crippen molar-refractivity contribution < 1.29 is 9.59 Å². The van der Waals surface area contributed by atoms with Crippen molar-refractivity contribution in [3.8, 4) is 0 Å². The quantitative estimate of drug-likeness (QED) is 0.676. The number of hydrogen-bond donors (Lipinski definition) is 1. The first-order valence-electron chi connectivity index (χ1n) is 9.94. The normalized spacial score (nSPS) is 15.5. The summed E-state index contributed by atoms with van der Waals surface area (Å²) in [5, 5.41) is 11.6. The Morgan fingerprint density at radius 3 is 2.52 bits per heavy atom. The van der Waals surface area contributed by atoms with E-state index in [-0.39, 0.29) is 11.7 Å². The number of carbonyl (C=O) groups excluding carboxylic acids is 2. The van der Waals surface area contributed by atoms with E-state index >= 15 is 0 Å². The van der Waals surface area contributed by atoms with Crippen LogP contribution in [0.4, 0.5) is 5.69 Å². The topological polar surface area (TPSA) is 80.1 Å². The van der Waals surface area contributed by atoms with Crippen molar-refractivity contribution in [2.45, 2.75) is 32.7 Å². The lowest BCUT2D eigenvalue weighted by Gasteiger charge is -2.31. The van der Waals surface area contributed by atoms with Gasteiger partial charge in [0.15, 0.2) is 5.78 Å². The van der Waals surface area contributed by atoms with E-state index in [2.05, 4.69) is 45.7 Å². The SMILES string of the molecule is CC(=O)c1ccc(NC(=O)CN2CCC(n3nnc4cc(C)ccc43)CC2)cc1. The first-order valence-corrected chi connectivity index (χ1v) is 9.94. The molecular formula is C22H25N5O2. The minimum atomic E-state index is -0.0410. The highest BCUT2D eigenvalue weighted by atomic mass is 16.2. The number of benzene rings is 2. The molecule has 1 aliphatic heterocycles. The summed E-state index contributed by atoms with van der Waals surface area (Å²) in [5.41, 5.74) is 4.53. The van der Waals surface area contributed by atoms with Gasteiger partial charge in [-0.15, -0.1) is 5.10 Å². The predicted molar refractivity (Wildman–Crippen MR) is 112 cm³/mol. The number of Topliss-reactive ketones (excluding diaryl/α,β-unsaturated/α-hetero) is 1. The summed E-state index contributed by atoms with van der Waals surface area (Å²) in [5.74, 6) is -0.0262. The van der Waals surface area contributed by atoms with Crippen molar-refractivity contribution in [3.63, 3.8) is 0 Å². The summed E-state index contributed by atoms with van der Waals surface area (Å²) in [4.78, 5) is 25.9. The second kappa shape index (κ2) is 8.13. The van der Waals surface area contributed by atoms with Gasteiger partial charge in [0.2, 0.25) is 5.91 Å². The Balaban J connectivity index is 1.31. The first-order chi connectivity index (χ1) is 14.0. The van der Waals surface area contributed by atoms with E-state index in [1.54, 1.807) is 24.3 Å². The molecule has 1 aromatic heterocycles. The molecule has 3 aromatic rings. The van der Waals surface area contributed by atoms with Crippen LogP contribution < -0.4 is 5.32 Å². The standard InChI is InChI=1S/C22H25N5O2/c1-15-3-8-21-20(13-15)24-25-27(21)19-9-11-26(12-10-19)14-22(29)23-18-6-4-17(5-7-18)16(2)28/h3-8,13,19H,9-12,14H2,1-2H3,(H,23,29). The highest BCUT2D eigenvalue weighted by Crippen LogP contribution is 2.25. The number of rotatable bonds is 5. The molecule has 7 nitrogen and oxygen atoms in total. The molecule has 150 valence electrons. The smallest absolute Gasteiger partial charge is 0.238 e. The number of aryl methyl sites for hydroxylation is 1. The maximum Gasteiger partial charge on any atom is 0.238 e. The molecule has 4 rings (SSSR count). The third-order valence-electron chi connectivity index (χ3n) is 5.47. The second-order valence-electron chi connectivity index (χ2n) is 7.72. The Bertz CT molecular complexity index is 1030. The van der Waals surface area contributed by atoms with E-state index in [4.69, 9.17) is 0 Å². The average molecular weight is 391 g/mol. The van der Waals surface area contributed by atoms with Gasteiger partial charge in [0.1, 0.15) is 5.52 Å². The van der Waals surface area contributed by atoms with Gasteiger partial charge in [-0.05, 0) is 68.7 Å². The Labute approximate surface area is 169 Å². The molecule has 0 saturated carbocycles. The van der Waals surface area contributed by atoms with Crippen molar-refractivity contribution in [1.82, 2.24) is 19.9 Å². The van der Waals surface area contributed by atoms with E-state index in [1.807, 2.05) is 4.68 Å². The summed E-state index contributed by atoms with van der Waals surface area (Å²) < 4.78 is 2.03. The number of piperidine rings is 1. The van der Waals surface area contributed by atoms with Crippen molar-refractivity contribution in [2.24, 2.45) is 0 Å². The van der Waals surface area contributed by atoms with E-state index in [0.717, 1.165) is 37.0 Å². The minimum Gasteiger partial charge on any atom is -0.325 e. The molecule has 29 heavy (non-hydrogen) atoms. The Morgan fingerprint density at radius 1 is 1.10 bits per heavy atom. The Morgan fingerprint density at radius 2 is 1.83 bits per heavy atom. The molecular weight excluding hydrogens is 366 g/mol. The van der Waals surface area contributed by atoms with Gasteiger partial charge in [0.05, 0.1) is 18.1 Å². The maximum absolute atomic E-state index is 12.4. The van der Waals surface area contributed by atoms with Crippen LogP contribution in [-0.2, 0) is 4.79 Å². The first kappa shape index (κ1) is 19.3. The molecule has 1 fully saturated rings. The van der Waals surface area contributed by atoms with Crippen LogP contribution in [0.1, 0.15) is 41.7 Å². The number of nitrogens with zero attached hydrogens (tertiary/aromatic N) is 4. The monoisotopic (exact) mass is 391 g/mol. The molecule has 1 amide bonds. The van der Waals surface area contributed by atoms with Crippen LogP contribution in [0.3, 0.4) is 0 Å². The van der Waals surface area contributed by atoms with Gasteiger partial charge in [0, 0.05) is 24.3 Å². The van der Waals surface area contributed by atoms with Gasteiger partial charge in [0.25, 0.3) is 0 Å². The molecule has 2 heterocycles. The lowest BCUT2D eigenvalue weighted by Crippen LogP contribution is -2.39. The zero-order valence-electron chi connectivity index (χ0n) is 16.8. The zero-order valence-corrected chi connectivity index (χ0v) is 16.8. The molecule has 0 spiro atoms. The van der Waals surface area contributed by atoms with Crippen molar-refractivity contribution >= 4 is 28.4 Å². The van der Waals surface area contributed by atoms with Crippen LogP contribution in [0, 0.1) is 6.92 Å². The van der Waals surface area contributed by atoms with Crippen LogP contribution in [-0.4, -0.2) is 51.2 Å². The molecule has 2 aromatic carbocycles. The molecule has 1 aliphatic rings. The van der Waals surface area contributed by atoms with Crippen molar-refractivity contribution in [3.05, 3.63) is 53.6 Å². The fourth-order valence-electron chi connectivity index (χ4n) is 3.84. The van der Waals surface area contributed by atoms with Crippen LogP contribution in [0.15, 0.2) is 42.5 Å². The molecule has 0 atom stereocenters. The number of nitrogens with one attached hydrogen (secondary N) is 1. The Hall–Kier alpha value is -3.06. The number of fused-ring (bicyclic) bond motifs is 1. The van der Waals surface area contributed by atoms with Crippen LogP contribution >= 0.6 is 0 Å². The molecule has 0 bridgehead atoms. The highest BCUT2D eigenvalue weighted by Gasteiger charge is 2.24. The van der Waals surface area contributed by atoms with Gasteiger partial charge in [-0.1, -0.05) is 11.3 Å². The highest BCUT2D eigenvalue weighted by molar-refractivity contribution is 5.96. The number of aromatic nitrogens is 3. The summed E-state index contributed by atoms with van der Waals surface area (Å²) in [6, 6.07) is 13.5. The Kier molecular flexibility index (Phi) is 5.40. The molecule has 0 unspecified atom stereocenters. The summed E-state index contributed by atoms with van der Waals surface area (Å²) in [7, 11) is 0. The summed E-state index contributed by atoms with van der Waals surface area (Å²) >= 11 is 0. The third-order valence-corrected chi connectivity index (χ3v) is 5.47. The zero-order chi connectivity index (χ0) is 20.4.